The molecule has 20 heavy (non-hydrogen) atoms. The molecule has 4 rings (SSSR count). The Morgan fingerprint density at radius 1 is 0.650 bits per heavy atom. The number of anilines is 1. The fourth-order valence-electron chi connectivity index (χ4n) is 2.60. The van der Waals surface area contributed by atoms with Gasteiger partial charge in [0.2, 0.25) is 0 Å². The molecule has 2 heteroatoms. The molecule has 0 unspecified atom stereocenters. The van der Waals surface area contributed by atoms with Gasteiger partial charge in [0.1, 0.15) is 11.2 Å². The Balaban J connectivity index is 1.98. The van der Waals surface area contributed by atoms with Crippen molar-refractivity contribution in [2.24, 2.45) is 0 Å². The second-order valence-electron chi connectivity index (χ2n) is 4.93. The van der Waals surface area contributed by atoms with Gasteiger partial charge in [0.15, 0.2) is 0 Å². The molecule has 0 saturated heterocycles. The van der Waals surface area contributed by atoms with E-state index in [2.05, 4.69) is 30.3 Å². The third-order valence-corrected chi connectivity index (χ3v) is 3.60. The molecule has 0 saturated carbocycles. The molecular weight excluding hydrogens is 246 g/mol. The Bertz CT molecular complexity index is 907. The number of furan rings is 1. The van der Waals surface area contributed by atoms with Gasteiger partial charge in [-0.15, -0.1) is 0 Å². The van der Waals surface area contributed by atoms with E-state index in [1.807, 2.05) is 36.4 Å². The van der Waals surface area contributed by atoms with Crippen LogP contribution in [0.25, 0.3) is 33.1 Å². The van der Waals surface area contributed by atoms with Crippen molar-refractivity contribution in [3.05, 3.63) is 66.7 Å². The summed E-state index contributed by atoms with van der Waals surface area (Å²) in [5, 5.41) is 2.17. The van der Waals surface area contributed by atoms with Gasteiger partial charge in [-0.1, -0.05) is 36.4 Å². The van der Waals surface area contributed by atoms with Crippen molar-refractivity contribution in [3.8, 4) is 11.1 Å². The third-order valence-electron chi connectivity index (χ3n) is 3.60. The van der Waals surface area contributed by atoms with E-state index in [0.29, 0.717) is 0 Å². The van der Waals surface area contributed by atoms with E-state index in [1.165, 1.54) is 5.56 Å². The van der Waals surface area contributed by atoms with Crippen molar-refractivity contribution in [1.29, 1.82) is 0 Å². The number of benzene rings is 3. The highest BCUT2D eigenvalue weighted by atomic mass is 16.3. The summed E-state index contributed by atoms with van der Waals surface area (Å²) in [6.07, 6.45) is 0. The van der Waals surface area contributed by atoms with E-state index in [-0.39, 0.29) is 0 Å². The second-order valence-corrected chi connectivity index (χ2v) is 4.93. The maximum atomic E-state index is 5.91. The maximum Gasteiger partial charge on any atom is 0.136 e. The van der Waals surface area contributed by atoms with Crippen molar-refractivity contribution >= 4 is 27.6 Å². The minimum absolute atomic E-state index is 0.757. The Morgan fingerprint density at radius 3 is 2.35 bits per heavy atom. The molecule has 2 N–H and O–H groups in total. The van der Waals surface area contributed by atoms with Gasteiger partial charge in [-0.25, -0.2) is 0 Å². The number of nitrogens with two attached hydrogens (primary N) is 1. The molecule has 1 heterocycles. The lowest BCUT2D eigenvalue weighted by Gasteiger charge is -2.00. The normalized spacial score (nSPS) is 11.2. The third kappa shape index (κ3) is 1.66. The summed E-state index contributed by atoms with van der Waals surface area (Å²) in [5.74, 6) is 0. The summed E-state index contributed by atoms with van der Waals surface area (Å²) in [6, 6.07) is 22.4. The summed E-state index contributed by atoms with van der Waals surface area (Å²) in [6.45, 7) is 0. The fraction of sp³-hybridized carbons (Fsp3) is 0. The molecule has 0 bridgehead atoms. The molecule has 0 aliphatic rings. The van der Waals surface area contributed by atoms with Gasteiger partial charge in [-0.2, -0.15) is 0 Å². The quantitative estimate of drug-likeness (QED) is 0.497. The van der Waals surface area contributed by atoms with Gasteiger partial charge in [-0.3, -0.25) is 0 Å². The van der Waals surface area contributed by atoms with Crippen LogP contribution in [0, 0.1) is 0 Å². The van der Waals surface area contributed by atoms with Gasteiger partial charge < -0.3 is 10.2 Å². The standard InChI is InChI=1S/C18H13NO/c19-14-7-9-17-16(11-14)15-8-6-13(10-18(15)20-17)12-4-2-1-3-5-12/h1-11H,19H2. The zero-order valence-electron chi connectivity index (χ0n) is 10.8. The van der Waals surface area contributed by atoms with Gasteiger partial charge in [0, 0.05) is 16.5 Å². The van der Waals surface area contributed by atoms with Crippen LogP contribution in [-0.2, 0) is 0 Å². The van der Waals surface area contributed by atoms with Crippen molar-refractivity contribution in [2.75, 3.05) is 5.73 Å². The molecule has 96 valence electrons. The lowest BCUT2D eigenvalue weighted by molar-refractivity contribution is 0.669. The summed E-state index contributed by atoms with van der Waals surface area (Å²) >= 11 is 0. The van der Waals surface area contributed by atoms with Crippen LogP contribution in [0.5, 0.6) is 0 Å². The van der Waals surface area contributed by atoms with Crippen LogP contribution in [0.15, 0.2) is 71.1 Å². The van der Waals surface area contributed by atoms with E-state index in [1.54, 1.807) is 0 Å². The number of rotatable bonds is 1. The van der Waals surface area contributed by atoms with E-state index >= 15 is 0 Å². The first-order chi connectivity index (χ1) is 9.81. The summed E-state index contributed by atoms with van der Waals surface area (Å²) in [5.41, 5.74) is 10.7. The van der Waals surface area contributed by atoms with E-state index in [9.17, 15) is 0 Å². The van der Waals surface area contributed by atoms with E-state index in [0.717, 1.165) is 33.2 Å². The number of fused-ring (bicyclic) bond motifs is 3. The van der Waals surface area contributed by atoms with Crippen molar-refractivity contribution < 1.29 is 4.42 Å². The van der Waals surface area contributed by atoms with Crippen molar-refractivity contribution in [3.63, 3.8) is 0 Å². The predicted molar refractivity (Wildman–Crippen MR) is 83.6 cm³/mol. The van der Waals surface area contributed by atoms with E-state index in [4.69, 9.17) is 10.2 Å². The predicted octanol–water partition coefficient (Wildman–Crippen LogP) is 4.84. The highest BCUT2D eigenvalue weighted by molar-refractivity contribution is 6.06. The first-order valence-corrected chi connectivity index (χ1v) is 6.58. The van der Waals surface area contributed by atoms with Crippen LogP contribution in [0.1, 0.15) is 0 Å². The molecule has 2 nitrogen and oxygen atoms in total. The van der Waals surface area contributed by atoms with Gasteiger partial charge in [-0.05, 0) is 41.5 Å². The molecule has 0 fully saturated rings. The molecular formula is C18H13NO. The lowest BCUT2D eigenvalue weighted by Crippen LogP contribution is -1.81. The number of nitrogen functional groups attached to an aromatic ring is 1. The van der Waals surface area contributed by atoms with Crippen LogP contribution < -0.4 is 5.73 Å². The van der Waals surface area contributed by atoms with Crippen LogP contribution in [-0.4, -0.2) is 0 Å². The van der Waals surface area contributed by atoms with Crippen LogP contribution in [0.4, 0.5) is 5.69 Å². The van der Waals surface area contributed by atoms with Gasteiger partial charge in [0.25, 0.3) is 0 Å². The molecule has 0 spiro atoms. The average Bonchev–Trinajstić information content (AvgIpc) is 2.85. The number of hydrogen-bond donors (Lipinski definition) is 1. The minimum Gasteiger partial charge on any atom is -0.456 e. The highest BCUT2D eigenvalue weighted by Gasteiger charge is 2.08. The summed E-state index contributed by atoms with van der Waals surface area (Å²) in [7, 11) is 0. The monoisotopic (exact) mass is 259 g/mol. The van der Waals surface area contributed by atoms with Crippen LogP contribution in [0.3, 0.4) is 0 Å². The molecule has 0 aliphatic carbocycles. The van der Waals surface area contributed by atoms with E-state index < -0.39 is 0 Å². The molecule has 0 amide bonds. The fourth-order valence-corrected chi connectivity index (χ4v) is 2.60. The lowest BCUT2D eigenvalue weighted by atomic mass is 10.0. The molecule has 3 aromatic carbocycles. The second kappa shape index (κ2) is 4.14. The largest absolute Gasteiger partial charge is 0.456 e. The minimum atomic E-state index is 0.757. The van der Waals surface area contributed by atoms with Crippen LogP contribution in [0.2, 0.25) is 0 Å². The molecule has 0 aliphatic heterocycles. The molecule has 0 radical (unpaired) electrons. The zero-order chi connectivity index (χ0) is 13.5. The zero-order valence-corrected chi connectivity index (χ0v) is 10.8. The highest BCUT2D eigenvalue weighted by Crippen LogP contribution is 2.32. The van der Waals surface area contributed by atoms with Gasteiger partial charge >= 0.3 is 0 Å². The topological polar surface area (TPSA) is 39.2 Å². The van der Waals surface area contributed by atoms with Crippen molar-refractivity contribution in [1.82, 2.24) is 0 Å². The molecule has 4 aromatic rings. The smallest absolute Gasteiger partial charge is 0.136 e. The molecule has 0 atom stereocenters. The Hall–Kier alpha value is -2.74. The van der Waals surface area contributed by atoms with Gasteiger partial charge in [0.05, 0.1) is 0 Å². The first kappa shape index (κ1) is 11.1. The summed E-state index contributed by atoms with van der Waals surface area (Å²) in [4.78, 5) is 0. The Kier molecular flexibility index (Phi) is 2.30. The maximum absolute atomic E-state index is 5.91. The molecule has 1 aromatic heterocycles. The van der Waals surface area contributed by atoms with Crippen LogP contribution >= 0.6 is 0 Å². The number of hydrogen-bond acceptors (Lipinski definition) is 2. The SMILES string of the molecule is Nc1ccc2oc3cc(-c4ccccc4)ccc3c2c1. The summed E-state index contributed by atoms with van der Waals surface area (Å²) < 4.78 is 5.91. The Labute approximate surface area is 116 Å². The Morgan fingerprint density at radius 2 is 1.50 bits per heavy atom. The van der Waals surface area contributed by atoms with Crippen molar-refractivity contribution in [2.45, 2.75) is 0 Å². The first-order valence-electron chi connectivity index (χ1n) is 6.58. The average molecular weight is 259 g/mol.